The Kier molecular flexibility index (Phi) is 4.95. The zero-order valence-corrected chi connectivity index (χ0v) is 14.6. The largest absolute Gasteiger partial charge is 0.445 e. The summed E-state index contributed by atoms with van der Waals surface area (Å²) in [5.41, 5.74) is 1.23. The average Bonchev–Trinajstić information content (AvgIpc) is 2.59. The standard InChI is InChI=1S/C20H27NO3/c1-3-15(2)20(23)12-17-10-7-11-18(13-20)21(17)19(22)24-14-16-8-5-4-6-9-16/h3-6,8-9,17-18,23H,7,10-14H2,1-2H3. The fourth-order valence-corrected chi connectivity index (χ4v) is 4.11. The number of aliphatic hydroxyl groups is 1. The average molecular weight is 329 g/mol. The first kappa shape index (κ1) is 17.0. The van der Waals surface area contributed by atoms with E-state index in [9.17, 15) is 9.90 Å². The summed E-state index contributed by atoms with van der Waals surface area (Å²) in [5, 5.41) is 11.0. The van der Waals surface area contributed by atoms with Crippen molar-refractivity contribution in [1.29, 1.82) is 0 Å². The molecule has 1 N–H and O–H groups in total. The van der Waals surface area contributed by atoms with Gasteiger partial charge in [-0.05, 0) is 44.2 Å². The highest BCUT2D eigenvalue weighted by Gasteiger charge is 2.48. The number of amides is 1. The quantitative estimate of drug-likeness (QED) is 0.852. The number of piperidine rings is 2. The number of nitrogens with zero attached hydrogens (tertiary/aromatic N) is 1. The lowest BCUT2D eigenvalue weighted by Gasteiger charge is -2.51. The van der Waals surface area contributed by atoms with Crippen LogP contribution in [0, 0.1) is 0 Å². The van der Waals surface area contributed by atoms with Crippen molar-refractivity contribution in [2.24, 2.45) is 0 Å². The number of fused-ring (bicyclic) bond motifs is 2. The van der Waals surface area contributed by atoms with Crippen molar-refractivity contribution in [1.82, 2.24) is 4.90 Å². The van der Waals surface area contributed by atoms with Gasteiger partial charge in [-0.15, -0.1) is 0 Å². The van der Waals surface area contributed by atoms with Crippen molar-refractivity contribution in [2.75, 3.05) is 0 Å². The van der Waals surface area contributed by atoms with E-state index in [0.29, 0.717) is 19.4 Å². The van der Waals surface area contributed by atoms with Crippen molar-refractivity contribution in [3.05, 3.63) is 47.5 Å². The number of rotatable bonds is 3. The summed E-state index contributed by atoms with van der Waals surface area (Å²) in [6.45, 7) is 4.25. The third-order valence-electron chi connectivity index (χ3n) is 5.59. The molecule has 0 aromatic heterocycles. The second kappa shape index (κ2) is 6.98. The van der Waals surface area contributed by atoms with Crippen LogP contribution in [0.1, 0.15) is 51.5 Å². The fourth-order valence-electron chi connectivity index (χ4n) is 4.11. The molecule has 0 saturated carbocycles. The third-order valence-corrected chi connectivity index (χ3v) is 5.59. The van der Waals surface area contributed by atoms with Gasteiger partial charge in [0.2, 0.25) is 0 Å². The molecule has 1 aromatic rings. The predicted octanol–water partition coefficient (Wildman–Crippen LogP) is 4.04. The van der Waals surface area contributed by atoms with E-state index in [4.69, 9.17) is 4.74 Å². The molecule has 2 unspecified atom stereocenters. The lowest BCUT2D eigenvalue weighted by molar-refractivity contribution is -0.0655. The topological polar surface area (TPSA) is 49.8 Å². The van der Waals surface area contributed by atoms with Crippen LogP contribution >= 0.6 is 0 Å². The number of allylic oxidation sites excluding steroid dienone is 1. The lowest BCUT2D eigenvalue weighted by Crippen LogP contribution is -2.60. The van der Waals surface area contributed by atoms with E-state index >= 15 is 0 Å². The van der Waals surface area contributed by atoms with Crippen LogP contribution in [0.15, 0.2) is 42.0 Å². The number of benzene rings is 1. The summed E-state index contributed by atoms with van der Waals surface area (Å²) in [6.07, 6.45) is 5.96. The normalized spacial score (nSPS) is 30.1. The van der Waals surface area contributed by atoms with Crippen LogP contribution in [-0.2, 0) is 11.3 Å². The smallest absolute Gasteiger partial charge is 0.410 e. The molecule has 4 heteroatoms. The van der Waals surface area contributed by atoms with Gasteiger partial charge in [-0.3, -0.25) is 0 Å². The van der Waals surface area contributed by atoms with Crippen molar-refractivity contribution >= 4 is 6.09 Å². The van der Waals surface area contributed by atoms with E-state index in [-0.39, 0.29) is 18.2 Å². The van der Waals surface area contributed by atoms with Gasteiger partial charge < -0.3 is 14.7 Å². The van der Waals surface area contributed by atoms with E-state index in [2.05, 4.69) is 0 Å². The third kappa shape index (κ3) is 3.34. The highest BCUT2D eigenvalue weighted by Crippen LogP contribution is 2.42. The van der Waals surface area contributed by atoms with Gasteiger partial charge in [0.05, 0.1) is 5.60 Å². The second-order valence-electron chi connectivity index (χ2n) is 7.10. The molecule has 2 fully saturated rings. The van der Waals surface area contributed by atoms with Crippen LogP contribution in [-0.4, -0.2) is 33.8 Å². The zero-order valence-electron chi connectivity index (χ0n) is 14.6. The monoisotopic (exact) mass is 329 g/mol. The van der Waals surface area contributed by atoms with Crippen LogP contribution in [0.3, 0.4) is 0 Å². The van der Waals surface area contributed by atoms with Crippen LogP contribution in [0.5, 0.6) is 0 Å². The maximum Gasteiger partial charge on any atom is 0.410 e. The molecule has 4 nitrogen and oxygen atoms in total. The maximum atomic E-state index is 12.6. The first-order valence-corrected chi connectivity index (χ1v) is 8.88. The number of carbonyl (C=O) groups excluding carboxylic acids is 1. The van der Waals surface area contributed by atoms with Gasteiger partial charge in [0.25, 0.3) is 0 Å². The van der Waals surface area contributed by atoms with Crippen molar-refractivity contribution < 1.29 is 14.6 Å². The van der Waals surface area contributed by atoms with Crippen LogP contribution < -0.4 is 0 Å². The molecule has 2 bridgehead atoms. The van der Waals surface area contributed by atoms with Gasteiger partial charge in [-0.2, -0.15) is 0 Å². The molecular formula is C20H27NO3. The molecule has 0 spiro atoms. The molecule has 1 aromatic carbocycles. The van der Waals surface area contributed by atoms with Gasteiger partial charge in [-0.25, -0.2) is 4.79 Å². The Balaban J connectivity index is 1.69. The molecular weight excluding hydrogens is 302 g/mol. The molecule has 0 aliphatic carbocycles. The Hall–Kier alpha value is -1.81. The van der Waals surface area contributed by atoms with E-state index in [0.717, 1.165) is 30.4 Å². The summed E-state index contributed by atoms with van der Waals surface area (Å²) in [6, 6.07) is 9.89. The van der Waals surface area contributed by atoms with Gasteiger partial charge >= 0.3 is 6.09 Å². The van der Waals surface area contributed by atoms with Crippen molar-refractivity contribution in [3.8, 4) is 0 Å². The Bertz CT molecular complexity index is 597. The first-order chi connectivity index (χ1) is 11.5. The SMILES string of the molecule is CC=C(C)C1(O)CC2CCCC(C1)N2C(=O)OCc1ccccc1. The minimum absolute atomic E-state index is 0.0701. The molecule has 130 valence electrons. The highest BCUT2D eigenvalue weighted by atomic mass is 16.6. The Labute approximate surface area is 144 Å². The number of ether oxygens (including phenoxy) is 1. The molecule has 24 heavy (non-hydrogen) atoms. The molecule has 2 heterocycles. The minimum atomic E-state index is -0.777. The molecule has 0 radical (unpaired) electrons. The maximum absolute atomic E-state index is 12.6. The number of carbonyl (C=O) groups is 1. The Morgan fingerprint density at radius 2 is 1.92 bits per heavy atom. The highest BCUT2D eigenvalue weighted by molar-refractivity contribution is 5.69. The van der Waals surface area contributed by atoms with Gasteiger partial charge in [0.1, 0.15) is 6.61 Å². The van der Waals surface area contributed by atoms with Crippen LogP contribution in [0.4, 0.5) is 4.79 Å². The van der Waals surface area contributed by atoms with Gasteiger partial charge in [-0.1, -0.05) is 36.4 Å². The van der Waals surface area contributed by atoms with Gasteiger partial charge in [0, 0.05) is 24.9 Å². The van der Waals surface area contributed by atoms with Crippen LogP contribution in [0.2, 0.25) is 0 Å². The first-order valence-electron chi connectivity index (χ1n) is 8.88. The summed E-state index contributed by atoms with van der Waals surface area (Å²) in [4.78, 5) is 14.5. The van der Waals surface area contributed by atoms with Crippen molar-refractivity contribution in [2.45, 2.75) is 70.2 Å². The predicted molar refractivity (Wildman–Crippen MR) is 93.5 cm³/mol. The molecule has 2 aliphatic heterocycles. The second-order valence-corrected chi connectivity index (χ2v) is 7.10. The van der Waals surface area contributed by atoms with E-state index in [1.807, 2.05) is 55.2 Å². The number of hydrogen-bond acceptors (Lipinski definition) is 3. The number of hydrogen-bond donors (Lipinski definition) is 1. The minimum Gasteiger partial charge on any atom is -0.445 e. The molecule has 2 saturated heterocycles. The Morgan fingerprint density at radius 3 is 2.50 bits per heavy atom. The van der Waals surface area contributed by atoms with E-state index < -0.39 is 5.60 Å². The lowest BCUT2D eigenvalue weighted by atomic mass is 9.72. The summed E-state index contributed by atoms with van der Waals surface area (Å²) in [5.74, 6) is 0. The molecule has 3 rings (SSSR count). The molecule has 2 aliphatic rings. The van der Waals surface area contributed by atoms with Gasteiger partial charge in [0.15, 0.2) is 0 Å². The Morgan fingerprint density at radius 1 is 1.29 bits per heavy atom. The molecule has 2 atom stereocenters. The fraction of sp³-hybridized carbons (Fsp3) is 0.550. The zero-order chi connectivity index (χ0) is 17.2. The summed E-state index contributed by atoms with van der Waals surface area (Å²) >= 11 is 0. The van der Waals surface area contributed by atoms with Crippen LogP contribution in [0.25, 0.3) is 0 Å². The molecule has 1 amide bonds. The van der Waals surface area contributed by atoms with E-state index in [1.54, 1.807) is 0 Å². The summed E-state index contributed by atoms with van der Waals surface area (Å²) < 4.78 is 5.55. The van der Waals surface area contributed by atoms with E-state index in [1.165, 1.54) is 0 Å². The van der Waals surface area contributed by atoms with Crippen molar-refractivity contribution in [3.63, 3.8) is 0 Å². The summed E-state index contributed by atoms with van der Waals surface area (Å²) in [7, 11) is 0.